The lowest BCUT2D eigenvalue weighted by Crippen LogP contribution is -2.37. The van der Waals surface area contributed by atoms with Gasteiger partial charge in [0.1, 0.15) is 11.6 Å². The summed E-state index contributed by atoms with van der Waals surface area (Å²) >= 11 is 0. The molecule has 1 aromatic heterocycles. The first-order chi connectivity index (χ1) is 10.1. The van der Waals surface area contributed by atoms with Crippen LogP contribution < -0.4 is 0 Å². The molecule has 3 rings (SSSR count). The van der Waals surface area contributed by atoms with Crippen LogP contribution in [0.3, 0.4) is 0 Å². The van der Waals surface area contributed by atoms with Gasteiger partial charge in [0.15, 0.2) is 0 Å². The number of hydrogen-bond acceptors (Lipinski definition) is 3. The van der Waals surface area contributed by atoms with E-state index in [1.807, 2.05) is 0 Å². The second-order valence-corrected chi connectivity index (χ2v) is 5.40. The number of aromatic nitrogens is 2. The number of hydrogen-bond donors (Lipinski definition) is 2. The van der Waals surface area contributed by atoms with E-state index in [-0.39, 0.29) is 11.7 Å². The molecule has 0 spiro atoms. The second-order valence-electron chi connectivity index (χ2n) is 5.40. The molecule has 0 amide bonds. The molecule has 1 atom stereocenters. The summed E-state index contributed by atoms with van der Waals surface area (Å²) in [4.78, 5) is 2.07. The minimum atomic E-state index is -0.612. The average molecular weight is 293 g/mol. The van der Waals surface area contributed by atoms with Gasteiger partial charge in [0.05, 0.1) is 23.6 Å². The molecule has 4 nitrogen and oxygen atoms in total. The number of piperidine rings is 1. The zero-order chi connectivity index (χ0) is 14.8. The van der Waals surface area contributed by atoms with Crippen LogP contribution in [-0.4, -0.2) is 39.4 Å². The number of halogens is 2. The van der Waals surface area contributed by atoms with E-state index in [0.717, 1.165) is 24.9 Å². The number of nitrogens with one attached hydrogen (secondary N) is 1. The van der Waals surface area contributed by atoms with Gasteiger partial charge in [0.2, 0.25) is 0 Å². The third-order valence-electron chi connectivity index (χ3n) is 3.81. The van der Waals surface area contributed by atoms with Crippen molar-refractivity contribution in [2.24, 2.45) is 0 Å². The van der Waals surface area contributed by atoms with Crippen molar-refractivity contribution in [1.29, 1.82) is 0 Å². The molecule has 1 aromatic carbocycles. The van der Waals surface area contributed by atoms with Crippen molar-refractivity contribution in [2.75, 3.05) is 13.1 Å². The van der Waals surface area contributed by atoms with Gasteiger partial charge in [0.25, 0.3) is 0 Å². The van der Waals surface area contributed by atoms with Gasteiger partial charge in [-0.1, -0.05) is 6.07 Å². The molecule has 0 bridgehead atoms. The minimum Gasteiger partial charge on any atom is -0.392 e. The summed E-state index contributed by atoms with van der Waals surface area (Å²) in [5, 5.41) is 16.3. The molecule has 1 fully saturated rings. The van der Waals surface area contributed by atoms with Crippen LogP contribution in [-0.2, 0) is 6.54 Å². The predicted molar refractivity (Wildman–Crippen MR) is 74.5 cm³/mol. The zero-order valence-corrected chi connectivity index (χ0v) is 11.5. The summed E-state index contributed by atoms with van der Waals surface area (Å²) in [6.07, 6.45) is 2.97. The first-order valence-electron chi connectivity index (χ1n) is 7.02. The molecule has 1 unspecified atom stereocenters. The molecule has 1 saturated heterocycles. The molecule has 112 valence electrons. The normalized spacial score (nSPS) is 19.9. The summed E-state index contributed by atoms with van der Waals surface area (Å²) in [5.74, 6) is -1.22. The Hall–Kier alpha value is -1.79. The Bertz CT molecular complexity index is 609. The highest BCUT2D eigenvalue weighted by Crippen LogP contribution is 2.28. The van der Waals surface area contributed by atoms with Crippen molar-refractivity contribution in [3.05, 3.63) is 41.6 Å². The van der Waals surface area contributed by atoms with Gasteiger partial charge in [-0.2, -0.15) is 5.10 Å². The molecule has 6 heteroatoms. The summed E-state index contributed by atoms with van der Waals surface area (Å²) in [7, 11) is 0. The molecule has 0 radical (unpaired) electrons. The smallest absolute Gasteiger partial charge is 0.135 e. The number of benzene rings is 1. The Morgan fingerprint density at radius 2 is 2.10 bits per heavy atom. The minimum absolute atomic E-state index is 0.0810. The number of aliphatic hydroxyl groups is 1. The van der Waals surface area contributed by atoms with Crippen LogP contribution in [0.1, 0.15) is 18.4 Å². The Labute approximate surface area is 121 Å². The van der Waals surface area contributed by atoms with Crippen LogP contribution >= 0.6 is 0 Å². The quantitative estimate of drug-likeness (QED) is 0.913. The molecule has 1 aliphatic rings. The lowest BCUT2D eigenvalue weighted by molar-refractivity contribution is 0.0669. The highest BCUT2D eigenvalue weighted by molar-refractivity contribution is 5.64. The van der Waals surface area contributed by atoms with Crippen molar-refractivity contribution in [3.8, 4) is 11.3 Å². The van der Waals surface area contributed by atoms with Crippen molar-refractivity contribution in [3.63, 3.8) is 0 Å². The maximum Gasteiger partial charge on any atom is 0.135 e. The van der Waals surface area contributed by atoms with Gasteiger partial charge in [-0.3, -0.25) is 10.00 Å². The molecule has 2 aromatic rings. The topological polar surface area (TPSA) is 52.1 Å². The van der Waals surface area contributed by atoms with Crippen LogP contribution in [0.25, 0.3) is 11.3 Å². The third-order valence-corrected chi connectivity index (χ3v) is 3.81. The lowest BCUT2D eigenvalue weighted by atomic mass is 10.0. The predicted octanol–water partition coefficient (Wildman–Crippen LogP) is 2.31. The lowest BCUT2D eigenvalue weighted by Gasteiger charge is -2.29. The SMILES string of the molecule is OC1CCCN(Cc2cn[nH]c2-c2c(F)cccc2F)C1. The Kier molecular flexibility index (Phi) is 3.98. The molecular weight excluding hydrogens is 276 g/mol. The van der Waals surface area contributed by atoms with Gasteiger partial charge in [-0.05, 0) is 31.5 Å². The van der Waals surface area contributed by atoms with Crippen LogP contribution in [0.2, 0.25) is 0 Å². The summed E-state index contributed by atoms with van der Waals surface area (Å²) in [5.41, 5.74) is 1.02. The summed E-state index contributed by atoms with van der Waals surface area (Å²) < 4.78 is 27.8. The van der Waals surface area contributed by atoms with E-state index < -0.39 is 11.6 Å². The summed E-state index contributed by atoms with van der Waals surface area (Å²) in [6.45, 7) is 1.95. The van der Waals surface area contributed by atoms with Crippen LogP contribution in [0.15, 0.2) is 24.4 Å². The van der Waals surface area contributed by atoms with Gasteiger partial charge in [0, 0.05) is 18.7 Å². The fourth-order valence-electron chi connectivity index (χ4n) is 2.80. The highest BCUT2D eigenvalue weighted by Gasteiger charge is 2.21. The molecule has 0 aliphatic carbocycles. The van der Waals surface area contributed by atoms with Gasteiger partial charge in [-0.15, -0.1) is 0 Å². The Morgan fingerprint density at radius 3 is 2.81 bits per heavy atom. The van der Waals surface area contributed by atoms with E-state index >= 15 is 0 Å². The first-order valence-corrected chi connectivity index (χ1v) is 7.02. The standard InChI is InChI=1S/C15H17F2N3O/c16-12-4-1-5-13(17)14(12)15-10(7-18-19-15)8-20-6-2-3-11(21)9-20/h1,4-5,7,11,21H,2-3,6,8-9H2,(H,18,19). The average Bonchev–Trinajstić information content (AvgIpc) is 2.87. The number of aliphatic hydroxyl groups excluding tert-OH is 1. The van der Waals surface area contributed by atoms with Crippen molar-refractivity contribution < 1.29 is 13.9 Å². The Morgan fingerprint density at radius 1 is 1.33 bits per heavy atom. The Balaban J connectivity index is 1.87. The third kappa shape index (κ3) is 2.96. The molecule has 1 aliphatic heterocycles. The molecular formula is C15H17F2N3O. The van der Waals surface area contributed by atoms with Gasteiger partial charge < -0.3 is 5.11 Å². The van der Waals surface area contributed by atoms with E-state index in [0.29, 0.717) is 18.8 Å². The van der Waals surface area contributed by atoms with Crippen LogP contribution in [0, 0.1) is 11.6 Å². The maximum atomic E-state index is 13.9. The number of H-pyrrole nitrogens is 1. The largest absolute Gasteiger partial charge is 0.392 e. The monoisotopic (exact) mass is 293 g/mol. The number of nitrogens with zero attached hydrogens (tertiary/aromatic N) is 2. The van der Waals surface area contributed by atoms with Crippen LogP contribution in [0.5, 0.6) is 0 Å². The van der Waals surface area contributed by atoms with Gasteiger partial charge >= 0.3 is 0 Å². The van der Waals surface area contributed by atoms with E-state index in [4.69, 9.17) is 0 Å². The fourth-order valence-corrected chi connectivity index (χ4v) is 2.80. The number of rotatable bonds is 3. The van der Waals surface area contributed by atoms with E-state index in [1.54, 1.807) is 6.20 Å². The van der Waals surface area contributed by atoms with Gasteiger partial charge in [-0.25, -0.2) is 8.78 Å². The highest BCUT2D eigenvalue weighted by atomic mass is 19.1. The number of β-amino-alcohol motifs (C(OH)–C–C–N with tert-alkyl or cyclic N) is 1. The number of aromatic amines is 1. The van der Waals surface area contributed by atoms with Crippen LogP contribution in [0.4, 0.5) is 8.78 Å². The maximum absolute atomic E-state index is 13.9. The number of likely N-dealkylation sites (tertiary alicyclic amines) is 1. The van der Waals surface area contributed by atoms with Crippen molar-refractivity contribution in [2.45, 2.75) is 25.5 Å². The molecule has 2 N–H and O–H groups in total. The molecule has 21 heavy (non-hydrogen) atoms. The van der Waals surface area contributed by atoms with E-state index in [9.17, 15) is 13.9 Å². The molecule has 2 heterocycles. The fraction of sp³-hybridized carbons (Fsp3) is 0.400. The molecule has 0 saturated carbocycles. The zero-order valence-electron chi connectivity index (χ0n) is 11.5. The van der Waals surface area contributed by atoms with Crippen molar-refractivity contribution >= 4 is 0 Å². The first kappa shape index (κ1) is 14.2. The van der Waals surface area contributed by atoms with E-state index in [1.165, 1.54) is 18.2 Å². The second kappa shape index (κ2) is 5.91. The van der Waals surface area contributed by atoms with E-state index in [2.05, 4.69) is 15.1 Å². The van der Waals surface area contributed by atoms with Crippen molar-refractivity contribution in [1.82, 2.24) is 15.1 Å². The summed E-state index contributed by atoms with van der Waals surface area (Å²) in [6, 6.07) is 3.80.